The normalized spacial score (nSPS) is 21.9. The summed E-state index contributed by atoms with van der Waals surface area (Å²) in [6.45, 7) is 7.91. The SMILES string of the molecule is CCC1CC1NS(=O)(=O)c1cnn(CCCNC(C)C)c1. The maximum atomic E-state index is 12.2. The molecule has 0 radical (unpaired) electrons. The summed E-state index contributed by atoms with van der Waals surface area (Å²) in [6.07, 6.45) is 5.94. The van der Waals surface area contributed by atoms with Gasteiger partial charge in [-0.1, -0.05) is 27.2 Å². The molecule has 21 heavy (non-hydrogen) atoms. The van der Waals surface area contributed by atoms with Crippen LogP contribution in [0.4, 0.5) is 0 Å². The highest BCUT2D eigenvalue weighted by Gasteiger charge is 2.38. The fourth-order valence-electron chi connectivity index (χ4n) is 2.35. The molecular weight excluding hydrogens is 288 g/mol. The number of hydrogen-bond acceptors (Lipinski definition) is 4. The van der Waals surface area contributed by atoms with Crippen LogP contribution in [0.5, 0.6) is 0 Å². The summed E-state index contributed by atoms with van der Waals surface area (Å²) in [5, 5.41) is 7.46. The van der Waals surface area contributed by atoms with E-state index in [2.05, 4.69) is 35.9 Å². The van der Waals surface area contributed by atoms with Crippen LogP contribution in [0.15, 0.2) is 17.3 Å². The van der Waals surface area contributed by atoms with Crippen molar-refractivity contribution < 1.29 is 8.42 Å². The third kappa shape index (κ3) is 4.79. The first kappa shape index (κ1) is 16.5. The molecule has 1 aromatic rings. The first-order chi connectivity index (χ1) is 9.92. The standard InChI is InChI=1S/C14H26N4O2S/c1-4-12-8-14(12)17-21(19,20)13-9-16-18(10-13)7-5-6-15-11(2)3/h9-12,14-15,17H,4-8H2,1-3H3. The van der Waals surface area contributed by atoms with Gasteiger partial charge in [-0.3, -0.25) is 4.68 Å². The summed E-state index contributed by atoms with van der Waals surface area (Å²) in [7, 11) is -3.41. The number of aryl methyl sites for hydroxylation is 1. The molecule has 0 amide bonds. The molecule has 1 heterocycles. The van der Waals surface area contributed by atoms with Crippen molar-refractivity contribution in [2.24, 2.45) is 5.92 Å². The van der Waals surface area contributed by atoms with Crippen LogP contribution in [0.25, 0.3) is 0 Å². The zero-order valence-corrected chi connectivity index (χ0v) is 13.9. The number of sulfonamides is 1. The molecule has 0 spiro atoms. The van der Waals surface area contributed by atoms with Crippen molar-refractivity contribution in [2.75, 3.05) is 6.54 Å². The van der Waals surface area contributed by atoms with Gasteiger partial charge in [-0.2, -0.15) is 5.10 Å². The molecule has 1 aromatic heterocycles. The van der Waals surface area contributed by atoms with E-state index in [9.17, 15) is 8.42 Å². The lowest BCUT2D eigenvalue weighted by Crippen LogP contribution is -2.26. The van der Waals surface area contributed by atoms with Crippen molar-refractivity contribution in [1.82, 2.24) is 19.8 Å². The van der Waals surface area contributed by atoms with Gasteiger partial charge >= 0.3 is 0 Å². The van der Waals surface area contributed by atoms with Crippen LogP contribution in [0.3, 0.4) is 0 Å². The predicted octanol–water partition coefficient (Wildman–Crippen LogP) is 1.35. The molecule has 6 nitrogen and oxygen atoms in total. The van der Waals surface area contributed by atoms with E-state index in [1.54, 1.807) is 10.9 Å². The van der Waals surface area contributed by atoms with E-state index in [1.165, 1.54) is 6.20 Å². The Balaban J connectivity index is 1.84. The molecule has 1 aliphatic rings. The van der Waals surface area contributed by atoms with E-state index in [1.807, 2.05) is 0 Å². The van der Waals surface area contributed by atoms with E-state index in [-0.39, 0.29) is 10.9 Å². The monoisotopic (exact) mass is 314 g/mol. The Morgan fingerprint density at radius 3 is 2.86 bits per heavy atom. The average molecular weight is 314 g/mol. The number of rotatable bonds is 9. The van der Waals surface area contributed by atoms with Gasteiger partial charge < -0.3 is 5.32 Å². The van der Waals surface area contributed by atoms with E-state index >= 15 is 0 Å². The Morgan fingerprint density at radius 2 is 2.24 bits per heavy atom. The maximum Gasteiger partial charge on any atom is 0.243 e. The number of nitrogens with one attached hydrogen (secondary N) is 2. The van der Waals surface area contributed by atoms with Crippen molar-refractivity contribution in [3.63, 3.8) is 0 Å². The Bertz CT molecular complexity index is 553. The van der Waals surface area contributed by atoms with Crippen LogP contribution in [0.2, 0.25) is 0 Å². The van der Waals surface area contributed by atoms with Gasteiger partial charge in [0.25, 0.3) is 0 Å². The second-order valence-electron chi connectivity index (χ2n) is 6.03. The van der Waals surface area contributed by atoms with Crippen LogP contribution >= 0.6 is 0 Å². The minimum Gasteiger partial charge on any atom is -0.314 e. The summed E-state index contributed by atoms with van der Waals surface area (Å²) in [5.74, 6) is 0.497. The predicted molar refractivity (Wildman–Crippen MR) is 82.5 cm³/mol. The fourth-order valence-corrected chi connectivity index (χ4v) is 3.62. The minimum atomic E-state index is -3.41. The summed E-state index contributed by atoms with van der Waals surface area (Å²) in [6, 6.07) is 0.575. The van der Waals surface area contributed by atoms with Crippen molar-refractivity contribution in [2.45, 2.75) is 63.6 Å². The Labute approximate surface area is 127 Å². The van der Waals surface area contributed by atoms with E-state index in [4.69, 9.17) is 0 Å². The third-order valence-corrected chi connectivity index (χ3v) is 5.23. The minimum absolute atomic E-state index is 0.110. The zero-order valence-electron chi connectivity index (χ0n) is 13.0. The lowest BCUT2D eigenvalue weighted by atomic mass is 10.3. The van der Waals surface area contributed by atoms with E-state index < -0.39 is 10.0 Å². The molecule has 0 aromatic carbocycles. The number of nitrogens with zero attached hydrogens (tertiary/aromatic N) is 2. The van der Waals surface area contributed by atoms with Gasteiger partial charge in [0.1, 0.15) is 4.90 Å². The summed E-state index contributed by atoms with van der Waals surface area (Å²) in [5.41, 5.74) is 0. The second-order valence-corrected chi connectivity index (χ2v) is 7.75. The molecular formula is C14H26N4O2S. The van der Waals surface area contributed by atoms with Crippen molar-refractivity contribution in [3.05, 3.63) is 12.4 Å². The van der Waals surface area contributed by atoms with Crippen LogP contribution < -0.4 is 10.0 Å². The van der Waals surface area contributed by atoms with Gasteiger partial charge in [-0.15, -0.1) is 0 Å². The highest BCUT2D eigenvalue weighted by atomic mass is 32.2. The average Bonchev–Trinajstić information content (AvgIpc) is 2.97. The zero-order chi connectivity index (χ0) is 15.5. The molecule has 0 aliphatic heterocycles. The molecule has 1 fully saturated rings. The Hall–Kier alpha value is -0.920. The van der Waals surface area contributed by atoms with Gasteiger partial charge in [-0.25, -0.2) is 13.1 Å². The first-order valence-electron chi connectivity index (χ1n) is 7.70. The number of hydrogen-bond donors (Lipinski definition) is 2. The molecule has 120 valence electrons. The number of aromatic nitrogens is 2. The maximum absolute atomic E-state index is 12.2. The van der Waals surface area contributed by atoms with Gasteiger partial charge in [0, 0.05) is 24.8 Å². The summed E-state index contributed by atoms with van der Waals surface area (Å²) < 4.78 is 28.8. The molecule has 0 bridgehead atoms. The van der Waals surface area contributed by atoms with Gasteiger partial charge in [-0.05, 0) is 25.3 Å². The molecule has 1 saturated carbocycles. The highest BCUT2D eigenvalue weighted by molar-refractivity contribution is 7.89. The van der Waals surface area contributed by atoms with Crippen molar-refractivity contribution >= 4 is 10.0 Å². The molecule has 2 N–H and O–H groups in total. The third-order valence-electron chi connectivity index (χ3n) is 3.79. The first-order valence-corrected chi connectivity index (χ1v) is 9.19. The Kier molecular flexibility index (Phi) is 5.40. The molecule has 2 atom stereocenters. The van der Waals surface area contributed by atoms with Crippen LogP contribution in [-0.4, -0.2) is 36.8 Å². The van der Waals surface area contributed by atoms with Crippen molar-refractivity contribution in [1.29, 1.82) is 0 Å². The van der Waals surface area contributed by atoms with Gasteiger partial charge in [0.05, 0.1) is 6.20 Å². The smallest absolute Gasteiger partial charge is 0.243 e. The lowest BCUT2D eigenvalue weighted by Gasteiger charge is -2.07. The summed E-state index contributed by atoms with van der Waals surface area (Å²) in [4.78, 5) is 0.265. The van der Waals surface area contributed by atoms with Crippen LogP contribution in [0, 0.1) is 5.92 Å². The van der Waals surface area contributed by atoms with E-state index in [0.29, 0.717) is 12.0 Å². The molecule has 2 rings (SSSR count). The van der Waals surface area contributed by atoms with Crippen molar-refractivity contribution in [3.8, 4) is 0 Å². The van der Waals surface area contributed by atoms with Gasteiger partial charge in [0.15, 0.2) is 0 Å². The lowest BCUT2D eigenvalue weighted by molar-refractivity contribution is 0.513. The molecule has 0 saturated heterocycles. The Morgan fingerprint density at radius 1 is 1.48 bits per heavy atom. The summed E-state index contributed by atoms with van der Waals surface area (Å²) >= 11 is 0. The molecule has 2 unspecified atom stereocenters. The van der Waals surface area contributed by atoms with Gasteiger partial charge in [0.2, 0.25) is 10.0 Å². The fraction of sp³-hybridized carbons (Fsp3) is 0.786. The molecule has 1 aliphatic carbocycles. The second kappa shape index (κ2) is 6.89. The van der Waals surface area contributed by atoms with Crippen LogP contribution in [0.1, 0.15) is 40.0 Å². The van der Waals surface area contributed by atoms with E-state index in [0.717, 1.165) is 32.4 Å². The quantitative estimate of drug-likeness (QED) is 0.675. The van der Waals surface area contributed by atoms with Crippen LogP contribution in [-0.2, 0) is 16.6 Å². The molecule has 7 heteroatoms. The topological polar surface area (TPSA) is 76.0 Å². The largest absolute Gasteiger partial charge is 0.314 e. The highest BCUT2D eigenvalue weighted by Crippen LogP contribution is 2.34.